The predicted molar refractivity (Wildman–Crippen MR) is 119 cm³/mol. The van der Waals surface area contributed by atoms with E-state index in [1.54, 1.807) is 26.5 Å². The average molecular weight is 490 g/mol. The molecule has 1 aliphatic heterocycles. The van der Waals surface area contributed by atoms with Gasteiger partial charge in [0.05, 0.1) is 26.2 Å². The van der Waals surface area contributed by atoms with Gasteiger partial charge < -0.3 is 25.7 Å². The number of hydrogen-bond donors (Lipinski definition) is 5. The molecular formula is C20H35N5O9. The summed E-state index contributed by atoms with van der Waals surface area (Å²) >= 11 is 0. The number of carboxylic acid groups (broad SMARTS) is 4. The molecule has 34 heavy (non-hydrogen) atoms. The Kier molecular flexibility index (Phi) is 13.0. The zero-order valence-electron chi connectivity index (χ0n) is 19.4. The van der Waals surface area contributed by atoms with E-state index in [1.165, 1.54) is 0 Å². The Morgan fingerprint density at radius 3 is 1.53 bits per heavy atom. The van der Waals surface area contributed by atoms with Crippen molar-refractivity contribution in [3.05, 3.63) is 0 Å². The van der Waals surface area contributed by atoms with Crippen LogP contribution in [-0.4, -0.2) is 154 Å². The number of amides is 1. The summed E-state index contributed by atoms with van der Waals surface area (Å²) < 4.78 is 0. The van der Waals surface area contributed by atoms with Gasteiger partial charge in [0.2, 0.25) is 5.91 Å². The highest BCUT2D eigenvalue weighted by Gasteiger charge is 2.28. The summed E-state index contributed by atoms with van der Waals surface area (Å²) in [6.07, 6.45) is -0.0744. The van der Waals surface area contributed by atoms with Crippen LogP contribution in [0.15, 0.2) is 0 Å². The molecule has 1 heterocycles. The second-order valence-electron chi connectivity index (χ2n) is 8.14. The summed E-state index contributed by atoms with van der Waals surface area (Å²) in [5, 5.41) is 39.9. The first-order valence-corrected chi connectivity index (χ1v) is 11.0. The highest BCUT2D eigenvalue weighted by atomic mass is 16.4. The van der Waals surface area contributed by atoms with E-state index in [4.69, 9.17) is 0 Å². The van der Waals surface area contributed by atoms with Crippen molar-refractivity contribution in [2.24, 2.45) is 0 Å². The SMILES string of the molecule is CCNC(=O)CC1CN(CC(=O)O)CCN(CC(=O)O)CCN(CC(=O)O)CCN1CC(=O)O. The molecule has 1 unspecified atom stereocenters. The van der Waals surface area contributed by atoms with Crippen molar-refractivity contribution >= 4 is 29.8 Å². The van der Waals surface area contributed by atoms with Crippen LogP contribution in [-0.2, 0) is 24.0 Å². The van der Waals surface area contributed by atoms with E-state index in [0.29, 0.717) is 6.54 Å². The van der Waals surface area contributed by atoms with Gasteiger partial charge in [-0.2, -0.15) is 0 Å². The summed E-state index contributed by atoms with van der Waals surface area (Å²) in [5.41, 5.74) is 0. The lowest BCUT2D eigenvalue weighted by Gasteiger charge is -2.37. The Hall–Kier alpha value is -2.81. The number of hydrogen-bond acceptors (Lipinski definition) is 9. The first-order chi connectivity index (χ1) is 16.0. The maximum atomic E-state index is 12.3. The molecule has 14 heteroatoms. The van der Waals surface area contributed by atoms with Crippen molar-refractivity contribution in [2.45, 2.75) is 19.4 Å². The number of nitrogens with one attached hydrogen (secondary N) is 1. The van der Waals surface area contributed by atoms with E-state index in [9.17, 15) is 44.4 Å². The molecule has 1 fully saturated rings. The standard InChI is InChI=1S/C20H35N5O9/c1-2-21-16(26)9-15-10-24(13-19(31)32)6-5-22(11-17(27)28)3-4-23(12-18(29)30)7-8-25(15)14-20(33)34/h15H,2-14H2,1H3,(H,21,26)(H,27,28)(H,29,30)(H,31,32)(H,33,34). The fraction of sp³-hybridized carbons (Fsp3) is 0.750. The molecule has 1 aliphatic rings. The van der Waals surface area contributed by atoms with E-state index in [2.05, 4.69) is 5.32 Å². The zero-order valence-corrected chi connectivity index (χ0v) is 19.4. The Bertz CT molecular complexity index is 721. The van der Waals surface area contributed by atoms with Gasteiger partial charge in [0.15, 0.2) is 0 Å². The molecule has 0 aromatic heterocycles. The van der Waals surface area contributed by atoms with Crippen LogP contribution >= 0.6 is 0 Å². The average Bonchev–Trinajstić information content (AvgIpc) is 2.69. The molecule has 194 valence electrons. The molecule has 0 saturated carbocycles. The van der Waals surface area contributed by atoms with Gasteiger partial charge in [-0.05, 0) is 6.92 Å². The summed E-state index contributed by atoms with van der Waals surface area (Å²) in [5.74, 6) is -4.70. The van der Waals surface area contributed by atoms with Crippen LogP contribution < -0.4 is 5.32 Å². The van der Waals surface area contributed by atoms with Gasteiger partial charge in [-0.1, -0.05) is 0 Å². The highest BCUT2D eigenvalue weighted by Crippen LogP contribution is 2.10. The second-order valence-corrected chi connectivity index (χ2v) is 8.14. The number of carbonyl (C=O) groups is 5. The fourth-order valence-electron chi connectivity index (χ4n) is 3.84. The number of rotatable bonds is 11. The predicted octanol–water partition coefficient (Wildman–Crippen LogP) is -2.56. The van der Waals surface area contributed by atoms with Gasteiger partial charge in [-0.3, -0.25) is 43.6 Å². The second kappa shape index (κ2) is 15.2. The smallest absolute Gasteiger partial charge is 0.317 e. The van der Waals surface area contributed by atoms with E-state index < -0.39 is 36.5 Å². The summed E-state index contributed by atoms with van der Waals surface area (Å²) in [6.45, 7) is 1.94. The number of carboxylic acids is 4. The molecule has 0 aromatic carbocycles. The molecule has 0 spiro atoms. The molecule has 5 N–H and O–H groups in total. The lowest BCUT2D eigenvalue weighted by molar-refractivity contribution is -0.142. The Balaban J connectivity index is 3.26. The quantitative estimate of drug-likeness (QED) is 0.204. The maximum Gasteiger partial charge on any atom is 0.317 e. The van der Waals surface area contributed by atoms with Crippen LogP contribution in [0.2, 0.25) is 0 Å². The maximum absolute atomic E-state index is 12.3. The first kappa shape index (κ1) is 29.2. The van der Waals surface area contributed by atoms with Gasteiger partial charge >= 0.3 is 23.9 Å². The molecule has 0 radical (unpaired) electrons. The molecule has 1 rings (SSSR count). The molecule has 1 atom stereocenters. The van der Waals surface area contributed by atoms with Crippen LogP contribution in [0, 0.1) is 0 Å². The summed E-state index contributed by atoms with van der Waals surface area (Å²) in [7, 11) is 0. The van der Waals surface area contributed by atoms with Crippen LogP contribution in [0.3, 0.4) is 0 Å². The van der Waals surface area contributed by atoms with Crippen LogP contribution in [0.25, 0.3) is 0 Å². The molecule has 0 aliphatic carbocycles. The number of nitrogens with zero attached hydrogens (tertiary/aromatic N) is 4. The van der Waals surface area contributed by atoms with Crippen LogP contribution in [0.1, 0.15) is 13.3 Å². The van der Waals surface area contributed by atoms with Gasteiger partial charge in [-0.25, -0.2) is 0 Å². The van der Waals surface area contributed by atoms with E-state index >= 15 is 0 Å². The van der Waals surface area contributed by atoms with Crippen LogP contribution in [0.4, 0.5) is 0 Å². The lowest BCUT2D eigenvalue weighted by Crippen LogP contribution is -2.53. The molecule has 0 bridgehead atoms. The van der Waals surface area contributed by atoms with Crippen molar-refractivity contribution in [1.29, 1.82) is 0 Å². The minimum atomic E-state index is -1.13. The Morgan fingerprint density at radius 2 is 1.09 bits per heavy atom. The van der Waals surface area contributed by atoms with Crippen molar-refractivity contribution in [2.75, 3.05) is 78.5 Å². The zero-order chi connectivity index (χ0) is 25.7. The van der Waals surface area contributed by atoms with Crippen LogP contribution in [0.5, 0.6) is 0 Å². The van der Waals surface area contributed by atoms with E-state index in [-0.39, 0.29) is 77.8 Å². The highest BCUT2D eigenvalue weighted by molar-refractivity contribution is 5.77. The van der Waals surface area contributed by atoms with Gasteiger partial charge in [-0.15, -0.1) is 0 Å². The molecule has 0 aromatic rings. The van der Waals surface area contributed by atoms with Crippen molar-refractivity contribution < 1.29 is 44.4 Å². The van der Waals surface area contributed by atoms with E-state index in [1.807, 2.05) is 0 Å². The third kappa shape index (κ3) is 12.4. The monoisotopic (exact) mass is 489 g/mol. The third-order valence-corrected chi connectivity index (χ3v) is 5.36. The molecule has 1 amide bonds. The van der Waals surface area contributed by atoms with E-state index in [0.717, 1.165) is 0 Å². The normalized spacial score (nSPS) is 20.1. The van der Waals surface area contributed by atoms with Crippen molar-refractivity contribution in [1.82, 2.24) is 24.9 Å². The number of carbonyl (C=O) groups excluding carboxylic acids is 1. The van der Waals surface area contributed by atoms with Crippen molar-refractivity contribution in [3.63, 3.8) is 0 Å². The van der Waals surface area contributed by atoms with Gasteiger partial charge in [0.1, 0.15) is 0 Å². The summed E-state index contributed by atoms with van der Waals surface area (Å²) in [6, 6.07) is -0.652. The molecular weight excluding hydrogens is 454 g/mol. The Labute approximate surface area is 197 Å². The minimum absolute atomic E-state index is 0.0660. The Morgan fingerprint density at radius 1 is 0.676 bits per heavy atom. The number of aliphatic carboxylic acids is 4. The van der Waals surface area contributed by atoms with Crippen molar-refractivity contribution in [3.8, 4) is 0 Å². The largest absolute Gasteiger partial charge is 0.480 e. The first-order valence-electron chi connectivity index (χ1n) is 11.0. The van der Waals surface area contributed by atoms with Gasteiger partial charge in [0, 0.05) is 64.8 Å². The van der Waals surface area contributed by atoms with Gasteiger partial charge in [0.25, 0.3) is 0 Å². The topological polar surface area (TPSA) is 191 Å². The minimum Gasteiger partial charge on any atom is -0.480 e. The third-order valence-electron chi connectivity index (χ3n) is 5.36. The molecule has 14 nitrogen and oxygen atoms in total. The lowest BCUT2D eigenvalue weighted by atomic mass is 10.1. The molecule has 1 saturated heterocycles. The fourth-order valence-corrected chi connectivity index (χ4v) is 3.84. The summed E-state index contributed by atoms with van der Waals surface area (Å²) in [4.78, 5) is 64.2.